The molecule has 1 atom stereocenters. The lowest BCUT2D eigenvalue weighted by Gasteiger charge is -2.40. The van der Waals surface area contributed by atoms with Crippen molar-refractivity contribution in [1.82, 2.24) is 30.2 Å². The van der Waals surface area contributed by atoms with Crippen LogP contribution >= 0.6 is 0 Å². The van der Waals surface area contributed by atoms with Gasteiger partial charge < -0.3 is 15.5 Å². The Bertz CT molecular complexity index is 597. The molecule has 0 spiro atoms. The van der Waals surface area contributed by atoms with Crippen LogP contribution in [0.4, 0.5) is 0 Å². The van der Waals surface area contributed by atoms with Gasteiger partial charge in [-0.25, -0.2) is 0 Å². The van der Waals surface area contributed by atoms with E-state index >= 15 is 0 Å². The average Bonchev–Trinajstić information content (AvgIpc) is 2.84. The van der Waals surface area contributed by atoms with Gasteiger partial charge in [-0.1, -0.05) is 13.8 Å². The van der Waals surface area contributed by atoms with Crippen molar-refractivity contribution in [3.63, 3.8) is 0 Å². The van der Waals surface area contributed by atoms with Crippen molar-refractivity contribution in [2.75, 3.05) is 46.8 Å². The van der Waals surface area contributed by atoms with E-state index in [-0.39, 0.29) is 0 Å². The third-order valence-electron chi connectivity index (χ3n) is 5.57. The van der Waals surface area contributed by atoms with Crippen LogP contribution in [0.2, 0.25) is 0 Å². The number of aliphatic imine (C=N–C) groups is 1. The molecule has 2 rings (SSSR count). The van der Waals surface area contributed by atoms with Crippen LogP contribution in [0, 0.1) is 19.8 Å². The molecule has 1 aromatic heterocycles. The molecule has 2 N–H and O–H groups in total. The normalized spacial score (nSPS) is 18.4. The van der Waals surface area contributed by atoms with Crippen LogP contribution in [-0.2, 0) is 13.6 Å². The van der Waals surface area contributed by atoms with Crippen LogP contribution in [0.3, 0.4) is 0 Å². The predicted molar refractivity (Wildman–Crippen MR) is 109 cm³/mol. The van der Waals surface area contributed by atoms with Gasteiger partial charge in [-0.05, 0) is 26.8 Å². The van der Waals surface area contributed by atoms with Gasteiger partial charge in [0.15, 0.2) is 5.96 Å². The molecule has 1 aliphatic heterocycles. The van der Waals surface area contributed by atoms with Gasteiger partial charge >= 0.3 is 0 Å². The molecule has 26 heavy (non-hydrogen) atoms. The summed E-state index contributed by atoms with van der Waals surface area (Å²) in [6, 6.07) is 0.518. The van der Waals surface area contributed by atoms with Crippen molar-refractivity contribution in [3.8, 4) is 0 Å². The van der Waals surface area contributed by atoms with E-state index in [1.807, 2.05) is 18.8 Å². The minimum atomic E-state index is 0.518. The zero-order valence-corrected chi connectivity index (χ0v) is 17.6. The van der Waals surface area contributed by atoms with Crippen LogP contribution in [-0.4, -0.2) is 78.4 Å². The minimum Gasteiger partial charge on any atom is -0.355 e. The van der Waals surface area contributed by atoms with Gasteiger partial charge in [0.2, 0.25) is 0 Å². The van der Waals surface area contributed by atoms with E-state index < -0.39 is 0 Å². The van der Waals surface area contributed by atoms with Gasteiger partial charge in [0.25, 0.3) is 0 Å². The second-order valence-electron chi connectivity index (χ2n) is 7.73. The Kier molecular flexibility index (Phi) is 7.46. The lowest BCUT2D eigenvalue weighted by molar-refractivity contribution is 0.0900. The number of likely N-dealkylation sites (N-methyl/N-ethyl adjacent to an activating group) is 1. The molecule has 1 saturated heterocycles. The number of nitrogens with zero attached hydrogens (tertiary/aromatic N) is 5. The van der Waals surface area contributed by atoms with E-state index in [0.29, 0.717) is 12.0 Å². The van der Waals surface area contributed by atoms with Gasteiger partial charge in [-0.2, -0.15) is 5.10 Å². The van der Waals surface area contributed by atoms with Crippen molar-refractivity contribution >= 4 is 5.96 Å². The summed E-state index contributed by atoms with van der Waals surface area (Å²) in [7, 11) is 6.02. The Balaban J connectivity index is 1.90. The average molecular weight is 364 g/mol. The van der Waals surface area contributed by atoms with Gasteiger partial charge in [-0.15, -0.1) is 0 Å². The third-order valence-corrected chi connectivity index (χ3v) is 5.57. The summed E-state index contributed by atoms with van der Waals surface area (Å²) in [5.74, 6) is 1.46. The first-order valence-corrected chi connectivity index (χ1v) is 9.69. The zero-order chi connectivity index (χ0) is 19.3. The van der Waals surface area contributed by atoms with E-state index in [2.05, 4.69) is 65.3 Å². The highest BCUT2D eigenvalue weighted by molar-refractivity contribution is 5.79. The number of nitrogens with one attached hydrogen (secondary N) is 2. The van der Waals surface area contributed by atoms with Crippen molar-refractivity contribution in [2.24, 2.45) is 18.0 Å². The second-order valence-corrected chi connectivity index (χ2v) is 7.73. The molecule has 0 saturated carbocycles. The number of piperazine rings is 1. The first kappa shape index (κ1) is 20.7. The van der Waals surface area contributed by atoms with Crippen molar-refractivity contribution in [2.45, 2.75) is 40.3 Å². The molecular formula is C19H37N7. The van der Waals surface area contributed by atoms with E-state index in [4.69, 9.17) is 0 Å². The molecule has 1 aliphatic rings. The standard InChI is InChI=1S/C19H37N7/c1-14(2)18(26-10-8-24(6)9-11-26)13-22-19(20-5)21-12-17-15(3)23-25(7)16(17)4/h14,18H,8-13H2,1-7H3,(H2,20,21,22). The summed E-state index contributed by atoms with van der Waals surface area (Å²) in [6.45, 7) is 15.0. The molecule has 1 fully saturated rings. The first-order valence-electron chi connectivity index (χ1n) is 9.69. The van der Waals surface area contributed by atoms with E-state index in [0.717, 1.165) is 50.9 Å². The van der Waals surface area contributed by atoms with Crippen LogP contribution in [0.15, 0.2) is 4.99 Å². The quantitative estimate of drug-likeness (QED) is 0.583. The van der Waals surface area contributed by atoms with E-state index in [9.17, 15) is 0 Å². The highest BCUT2D eigenvalue weighted by Crippen LogP contribution is 2.13. The largest absolute Gasteiger partial charge is 0.355 e. The molecule has 7 nitrogen and oxygen atoms in total. The van der Waals surface area contributed by atoms with Gasteiger partial charge in [-0.3, -0.25) is 14.6 Å². The Morgan fingerprint density at radius 1 is 1.12 bits per heavy atom. The summed E-state index contributed by atoms with van der Waals surface area (Å²) in [5, 5.41) is 11.5. The molecule has 0 radical (unpaired) electrons. The maximum Gasteiger partial charge on any atom is 0.191 e. The molecular weight excluding hydrogens is 326 g/mol. The van der Waals surface area contributed by atoms with E-state index in [1.165, 1.54) is 11.3 Å². The number of hydrogen-bond donors (Lipinski definition) is 2. The fourth-order valence-electron chi connectivity index (χ4n) is 3.61. The number of aromatic nitrogens is 2. The molecule has 7 heteroatoms. The topological polar surface area (TPSA) is 60.7 Å². The second kappa shape index (κ2) is 9.37. The van der Waals surface area contributed by atoms with Crippen LogP contribution in [0.25, 0.3) is 0 Å². The number of guanidine groups is 1. The van der Waals surface area contributed by atoms with Gasteiger partial charge in [0.05, 0.1) is 5.69 Å². The van der Waals surface area contributed by atoms with Crippen molar-refractivity contribution < 1.29 is 0 Å². The molecule has 0 aromatic carbocycles. The summed E-state index contributed by atoms with van der Waals surface area (Å²) >= 11 is 0. The molecule has 1 aromatic rings. The molecule has 0 amide bonds. The molecule has 1 unspecified atom stereocenters. The molecule has 2 heterocycles. The zero-order valence-electron chi connectivity index (χ0n) is 17.6. The molecule has 0 aliphatic carbocycles. The minimum absolute atomic E-state index is 0.518. The lowest BCUT2D eigenvalue weighted by atomic mass is 10.0. The predicted octanol–water partition coefficient (Wildman–Crippen LogP) is 0.974. The molecule has 148 valence electrons. The maximum absolute atomic E-state index is 4.48. The number of rotatable bonds is 6. The Labute approximate surface area is 158 Å². The molecule has 0 bridgehead atoms. The lowest BCUT2D eigenvalue weighted by Crippen LogP contribution is -2.55. The maximum atomic E-state index is 4.48. The van der Waals surface area contributed by atoms with Crippen LogP contribution in [0.1, 0.15) is 30.8 Å². The fraction of sp³-hybridized carbons (Fsp3) is 0.789. The smallest absolute Gasteiger partial charge is 0.191 e. The van der Waals surface area contributed by atoms with Crippen molar-refractivity contribution in [3.05, 3.63) is 17.0 Å². The Morgan fingerprint density at radius 2 is 1.77 bits per heavy atom. The monoisotopic (exact) mass is 363 g/mol. The van der Waals surface area contributed by atoms with Crippen molar-refractivity contribution in [1.29, 1.82) is 0 Å². The summed E-state index contributed by atoms with van der Waals surface area (Å²) in [5.41, 5.74) is 3.52. The highest BCUT2D eigenvalue weighted by Gasteiger charge is 2.25. The Morgan fingerprint density at radius 3 is 2.27 bits per heavy atom. The van der Waals surface area contributed by atoms with E-state index in [1.54, 1.807) is 0 Å². The highest BCUT2D eigenvalue weighted by atomic mass is 15.3. The Hall–Kier alpha value is -1.60. The summed E-state index contributed by atoms with van der Waals surface area (Å²) < 4.78 is 1.94. The number of aryl methyl sites for hydroxylation is 2. The number of hydrogen-bond acceptors (Lipinski definition) is 4. The fourth-order valence-corrected chi connectivity index (χ4v) is 3.61. The summed E-state index contributed by atoms with van der Waals surface area (Å²) in [6.07, 6.45) is 0. The van der Waals surface area contributed by atoms with Gasteiger partial charge in [0, 0.05) is 70.7 Å². The first-order chi connectivity index (χ1) is 12.3. The van der Waals surface area contributed by atoms with Crippen LogP contribution in [0.5, 0.6) is 0 Å². The SMILES string of the molecule is CN=C(NCc1c(C)nn(C)c1C)NCC(C(C)C)N1CCN(C)CC1. The van der Waals surface area contributed by atoms with Gasteiger partial charge in [0.1, 0.15) is 0 Å². The van der Waals surface area contributed by atoms with Crippen LogP contribution < -0.4 is 10.6 Å². The summed E-state index contributed by atoms with van der Waals surface area (Å²) in [4.78, 5) is 9.41. The third kappa shape index (κ3) is 5.20.